The number of nitrogens with zero attached hydrogens (tertiary/aromatic N) is 1. The molecule has 1 aliphatic carbocycles. The monoisotopic (exact) mass is 279 g/mol. The quantitative estimate of drug-likeness (QED) is 0.871. The van der Waals surface area contributed by atoms with E-state index in [-0.39, 0.29) is 5.91 Å². The maximum atomic E-state index is 11.9. The Morgan fingerprint density at radius 2 is 2.16 bits per heavy atom. The number of aromatic nitrogens is 1. The van der Waals surface area contributed by atoms with Crippen LogP contribution in [0.3, 0.4) is 0 Å². The van der Waals surface area contributed by atoms with Gasteiger partial charge >= 0.3 is 0 Å². The molecule has 1 aliphatic heterocycles. The molecule has 0 radical (unpaired) electrons. The maximum Gasteiger partial charge on any atom is 0.226 e. The Labute approximate surface area is 118 Å². The van der Waals surface area contributed by atoms with E-state index in [9.17, 15) is 4.79 Å². The lowest BCUT2D eigenvalue weighted by molar-refractivity contribution is -0.116. The third-order valence-corrected chi connectivity index (χ3v) is 4.78. The predicted molar refractivity (Wildman–Crippen MR) is 77.5 cm³/mol. The van der Waals surface area contributed by atoms with Crippen molar-refractivity contribution in [3.63, 3.8) is 0 Å². The Morgan fingerprint density at radius 3 is 2.89 bits per heavy atom. The van der Waals surface area contributed by atoms with Crippen LogP contribution in [0.4, 0.5) is 5.13 Å². The second-order valence-corrected chi connectivity index (χ2v) is 6.49. The highest BCUT2D eigenvalue weighted by atomic mass is 32.1. The van der Waals surface area contributed by atoms with Crippen LogP contribution >= 0.6 is 11.3 Å². The Morgan fingerprint density at radius 1 is 1.37 bits per heavy atom. The number of amides is 1. The highest BCUT2D eigenvalue weighted by Gasteiger charge is 2.26. The van der Waals surface area contributed by atoms with Gasteiger partial charge in [-0.3, -0.25) is 4.79 Å². The largest absolute Gasteiger partial charge is 0.317 e. The smallest absolute Gasteiger partial charge is 0.226 e. The van der Waals surface area contributed by atoms with Crippen LogP contribution in [-0.4, -0.2) is 24.0 Å². The van der Waals surface area contributed by atoms with Crippen molar-refractivity contribution < 1.29 is 4.79 Å². The minimum absolute atomic E-state index is 0.121. The maximum absolute atomic E-state index is 11.9. The summed E-state index contributed by atoms with van der Waals surface area (Å²) in [6, 6.07) is 0. The molecule has 1 saturated heterocycles. The van der Waals surface area contributed by atoms with Crippen molar-refractivity contribution in [2.45, 2.75) is 44.4 Å². The van der Waals surface area contributed by atoms with Crippen molar-refractivity contribution >= 4 is 22.4 Å². The van der Waals surface area contributed by atoms with E-state index in [0.29, 0.717) is 18.3 Å². The van der Waals surface area contributed by atoms with Crippen molar-refractivity contribution in [1.29, 1.82) is 0 Å². The zero-order valence-electron chi connectivity index (χ0n) is 11.2. The lowest BCUT2D eigenvalue weighted by atomic mass is 9.93. The number of nitrogens with one attached hydrogen (secondary N) is 2. The van der Waals surface area contributed by atoms with Gasteiger partial charge in [-0.1, -0.05) is 0 Å². The fourth-order valence-electron chi connectivity index (χ4n) is 2.60. The second-order valence-electron chi connectivity index (χ2n) is 5.63. The summed E-state index contributed by atoms with van der Waals surface area (Å²) in [4.78, 5) is 16.4. The van der Waals surface area contributed by atoms with Gasteiger partial charge in [0, 0.05) is 17.7 Å². The van der Waals surface area contributed by atoms with Crippen molar-refractivity contribution in [3.8, 4) is 0 Å². The van der Waals surface area contributed by atoms with Gasteiger partial charge in [0.15, 0.2) is 5.13 Å². The summed E-state index contributed by atoms with van der Waals surface area (Å²) in [5.74, 6) is 1.50. The van der Waals surface area contributed by atoms with Crippen LogP contribution in [0.5, 0.6) is 0 Å². The number of hydrogen-bond donors (Lipinski definition) is 2. The summed E-state index contributed by atoms with van der Waals surface area (Å²) in [6.07, 6.45) is 6.56. The fourth-order valence-corrected chi connectivity index (χ4v) is 3.41. The number of carbonyl (C=O) groups is 1. The lowest BCUT2D eigenvalue weighted by Crippen LogP contribution is -2.28. The standard InChI is InChI=1S/C14H21N3OS/c18-13(4-1-10-5-7-15-8-6-10)17-14-16-12(9-19-14)11-2-3-11/h9-11,15H,1-8H2,(H,16,17,18). The molecule has 2 N–H and O–H groups in total. The van der Waals surface area contributed by atoms with E-state index < -0.39 is 0 Å². The third-order valence-electron chi connectivity index (χ3n) is 4.00. The van der Waals surface area contributed by atoms with E-state index in [1.807, 2.05) is 0 Å². The number of hydrogen-bond acceptors (Lipinski definition) is 4. The molecule has 0 spiro atoms. The summed E-state index contributed by atoms with van der Waals surface area (Å²) >= 11 is 1.55. The summed E-state index contributed by atoms with van der Waals surface area (Å²) in [5.41, 5.74) is 1.17. The molecule has 5 heteroatoms. The first kappa shape index (κ1) is 13.1. The lowest BCUT2D eigenvalue weighted by Gasteiger charge is -2.21. The molecule has 2 fully saturated rings. The van der Waals surface area contributed by atoms with Gasteiger partial charge in [-0.15, -0.1) is 11.3 Å². The third kappa shape index (κ3) is 3.76. The van der Waals surface area contributed by atoms with Gasteiger partial charge in [0.1, 0.15) is 0 Å². The molecule has 1 saturated carbocycles. The first-order valence-electron chi connectivity index (χ1n) is 7.27. The van der Waals surface area contributed by atoms with E-state index in [0.717, 1.165) is 24.6 Å². The van der Waals surface area contributed by atoms with E-state index in [4.69, 9.17) is 0 Å². The average Bonchev–Trinajstić information content (AvgIpc) is 3.19. The molecule has 0 aromatic carbocycles. The van der Waals surface area contributed by atoms with Crippen molar-refractivity contribution in [2.75, 3.05) is 18.4 Å². The van der Waals surface area contributed by atoms with Gasteiger partial charge in [0.05, 0.1) is 5.69 Å². The van der Waals surface area contributed by atoms with Crippen molar-refractivity contribution in [3.05, 3.63) is 11.1 Å². The van der Waals surface area contributed by atoms with Crippen LogP contribution in [0.2, 0.25) is 0 Å². The summed E-state index contributed by atoms with van der Waals surface area (Å²) in [7, 11) is 0. The molecule has 1 amide bonds. The van der Waals surface area contributed by atoms with Crippen LogP contribution in [-0.2, 0) is 4.79 Å². The summed E-state index contributed by atoms with van der Waals surface area (Å²) in [5, 5.41) is 9.15. The van der Waals surface area contributed by atoms with Gasteiger partial charge < -0.3 is 10.6 Å². The van der Waals surface area contributed by atoms with Gasteiger partial charge in [0.2, 0.25) is 5.91 Å². The van der Waals surface area contributed by atoms with Crippen molar-refractivity contribution in [2.24, 2.45) is 5.92 Å². The minimum Gasteiger partial charge on any atom is -0.317 e. The zero-order chi connectivity index (χ0) is 13.1. The molecular formula is C14H21N3OS. The Hall–Kier alpha value is -0.940. The summed E-state index contributed by atoms with van der Waals surface area (Å²) in [6.45, 7) is 2.20. The van der Waals surface area contributed by atoms with Crippen LogP contribution in [0, 0.1) is 5.92 Å². The number of piperidine rings is 1. The van der Waals surface area contributed by atoms with Crippen LogP contribution in [0.25, 0.3) is 0 Å². The number of carbonyl (C=O) groups excluding carboxylic acids is 1. The first-order chi connectivity index (χ1) is 9.31. The predicted octanol–water partition coefficient (Wildman–Crippen LogP) is 2.74. The Bertz CT molecular complexity index is 436. The average molecular weight is 279 g/mol. The van der Waals surface area contributed by atoms with Gasteiger partial charge in [-0.05, 0) is 51.1 Å². The molecule has 4 nitrogen and oxygen atoms in total. The number of thiazole rings is 1. The molecule has 0 unspecified atom stereocenters. The van der Waals surface area contributed by atoms with Crippen LogP contribution in [0.1, 0.15) is 50.1 Å². The molecule has 2 heterocycles. The summed E-state index contributed by atoms with van der Waals surface area (Å²) < 4.78 is 0. The van der Waals surface area contributed by atoms with Gasteiger partial charge in [-0.2, -0.15) is 0 Å². The fraction of sp³-hybridized carbons (Fsp3) is 0.714. The van der Waals surface area contributed by atoms with Crippen LogP contribution < -0.4 is 10.6 Å². The highest BCUT2D eigenvalue weighted by Crippen LogP contribution is 2.40. The molecule has 3 rings (SSSR count). The van der Waals surface area contributed by atoms with Crippen LogP contribution in [0.15, 0.2) is 5.38 Å². The molecule has 0 bridgehead atoms. The van der Waals surface area contributed by atoms with Gasteiger partial charge in [0.25, 0.3) is 0 Å². The minimum atomic E-state index is 0.121. The molecule has 1 aromatic rings. The Balaban J connectivity index is 1.42. The van der Waals surface area contributed by atoms with Crippen molar-refractivity contribution in [1.82, 2.24) is 10.3 Å². The van der Waals surface area contributed by atoms with E-state index >= 15 is 0 Å². The van der Waals surface area contributed by atoms with Gasteiger partial charge in [-0.25, -0.2) is 4.98 Å². The molecule has 104 valence electrons. The van der Waals surface area contributed by atoms with E-state index in [2.05, 4.69) is 21.0 Å². The zero-order valence-corrected chi connectivity index (χ0v) is 12.0. The topological polar surface area (TPSA) is 54.0 Å². The molecular weight excluding hydrogens is 258 g/mol. The van der Waals surface area contributed by atoms with E-state index in [1.54, 1.807) is 11.3 Å². The second kappa shape index (κ2) is 6.01. The van der Waals surface area contributed by atoms with E-state index in [1.165, 1.54) is 31.4 Å². The number of anilines is 1. The highest BCUT2D eigenvalue weighted by molar-refractivity contribution is 7.13. The SMILES string of the molecule is O=C(CCC1CCNCC1)Nc1nc(C2CC2)cs1. The number of rotatable bonds is 5. The molecule has 2 aliphatic rings. The molecule has 19 heavy (non-hydrogen) atoms. The normalized spacial score (nSPS) is 20.4. The molecule has 0 atom stereocenters. The molecule has 1 aromatic heterocycles. The Kier molecular flexibility index (Phi) is 4.13. The first-order valence-corrected chi connectivity index (χ1v) is 8.15.